The van der Waals surface area contributed by atoms with E-state index in [0.29, 0.717) is 0 Å². The minimum Gasteiger partial charge on any atom is -0.354 e. The van der Waals surface area contributed by atoms with Crippen molar-refractivity contribution < 1.29 is 4.79 Å². The van der Waals surface area contributed by atoms with Crippen LogP contribution in [0.5, 0.6) is 0 Å². The third-order valence-corrected chi connectivity index (χ3v) is 5.36. The molecule has 0 saturated carbocycles. The molecule has 0 spiro atoms. The van der Waals surface area contributed by atoms with Gasteiger partial charge < -0.3 is 10.2 Å². The molecule has 2 aromatic rings. The molecule has 1 atom stereocenters. The smallest absolute Gasteiger partial charge is 0.242 e. The van der Waals surface area contributed by atoms with Crippen LogP contribution in [0.15, 0.2) is 24.3 Å². The van der Waals surface area contributed by atoms with E-state index in [1.807, 2.05) is 0 Å². The summed E-state index contributed by atoms with van der Waals surface area (Å²) in [7, 11) is 0. The van der Waals surface area contributed by atoms with Gasteiger partial charge in [-0.3, -0.25) is 4.79 Å². The summed E-state index contributed by atoms with van der Waals surface area (Å²) in [5.41, 5.74) is 2.47. The van der Waals surface area contributed by atoms with Crippen LogP contribution >= 0.6 is 11.5 Å². The first kappa shape index (κ1) is 17.9. The molecule has 1 amide bonds. The van der Waals surface area contributed by atoms with Gasteiger partial charge in [0.15, 0.2) is 0 Å². The van der Waals surface area contributed by atoms with Gasteiger partial charge in [0.1, 0.15) is 11.9 Å². The third kappa shape index (κ3) is 4.57. The maximum atomic E-state index is 12.4. The highest BCUT2D eigenvalue weighted by Gasteiger charge is 2.32. The molecule has 3 rings (SSSR count). The van der Waals surface area contributed by atoms with Crippen molar-refractivity contribution in [2.75, 3.05) is 18.0 Å². The van der Waals surface area contributed by atoms with Gasteiger partial charge in [0.2, 0.25) is 11.0 Å². The number of carbonyl (C=O) groups is 1. The molecular formula is C19H26N4OS. The van der Waals surface area contributed by atoms with Crippen molar-refractivity contribution in [3.05, 3.63) is 41.2 Å². The second-order valence-corrected chi connectivity index (χ2v) is 7.38. The molecule has 1 aliphatic rings. The molecule has 2 heterocycles. The number of unbranched alkanes of at least 4 members (excludes halogenated alkanes) is 1. The number of rotatable bonds is 7. The second-order valence-electron chi connectivity index (χ2n) is 6.65. The van der Waals surface area contributed by atoms with Crippen LogP contribution in [-0.4, -0.2) is 34.4 Å². The molecule has 1 aromatic heterocycles. The standard InChI is InChI=1S/C19H26N4OS/c1-3-4-11-20-18(24)16-6-5-12-23(16)19-21-17(22-25-19)13-15-9-7-14(2)8-10-15/h7-10,16H,3-6,11-13H2,1-2H3,(H,20,24). The lowest BCUT2D eigenvalue weighted by molar-refractivity contribution is -0.122. The van der Waals surface area contributed by atoms with E-state index in [2.05, 4.69) is 52.7 Å². The number of aryl methyl sites for hydroxylation is 1. The summed E-state index contributed by atoms with van der Waals surface area (Å²) in [4.78, 5) is 19.3. The van der Waals surface area contributed by atoms with E-state index >= 15 is 0 Å². The molecule has 1 N–H and O–H groups in total. The predicted molar refractivity (Wildman–Crippen MR) is 102 cm³/mol. The van der Waals surface area contributed by atoms with E-state index in [-0.39, 0.29) is 11.9 Å². The van der Waals surface area contributed by atoms with Gasteiger partial charge >= 0.3 is 0 Å². The summed E-state index contributed by atoms with van der Waals surface area (Å²) < 4.78 is 4.50. The summed E-state index contributed by atoms with van der Waals surface area (Å²) in [5.74, 6) is 0.960. The fraction of sp³-hybridized carbons (Fsp3) is 0.526. The Bertz CT molecular complexity index is 698. The normalized spacial score (nSPS) is 17.0. The Morgan fingerprint density at radius 1 is 1.36 bits per heavy atom. The van der Waals surface area contributed by atoms with Gasteiger partial charge in [-0.05, 0) is 31.7 Å². The van der Waals surface area contributed by atoms with Crippen molar-refractivity contribution in [2.24, 2.45) is 0 Å². The predicted octanol–water partition coefficient (Wildman–Crippen LogP) is 3.32. The van der Waals surface area contributed by atoms with E-state index in [1.54, 1.807) is 0 Å². The van der Waals surface area contributed by atoms with Crippen LogP contribution in [0.2, 0.25) is 0 Å². The van der Waals surface area contributed by atoms with Crippen molar-refractivity contribution >= 4 is 22.6 Å². The van der Waals surface area contributed by atoms with Crippen LogP contribution < -0.4 is 10.2 Å². The minimum absolute atomic E-state index is 0.1000. The molecule has 1 aliphatic heterocycles. The second kappa shape index (κ2) is 8.43. The number of nitrogens with one attached hydrogen (secondary N) is 1. The fourth-order valence-electron chi connectivity index (χ4n) is 3.10. The first-order valence-corrected chi connectivity index (χ1v) is 9.87. The molecule has 6 heteroatoms. The van der Waals surface area contributed by atoms with Crippen molar-refractivity contribution in [3.8, 4) is 0 Å². The lowest BCUT2D eigenvalue weighted by Crippen LogP contribution is -2.43. The average Bonchev–Trinajstić information content (AvgIpc) is 3.26. The largest absolute Gasteiger partial charge is 0.354 e. The molecule has 1 fully saturated rings. The van der Waals surface area contributed by atoms with E-state index in [0.717, 1.165) is 56.1 Å². The Morgan fingerprint density at radius 2 is 2.16 bits per heavy atom. The first-order chi connectivity index (χ1) is 12.2. The maximum absolute atomic E-state index is 12.4. The van der Waals surface area contributed by atoms with Gasteiger partial charge in [-0.15, -0.1) is 0 Å². The Kier molecular flexibility index (Phi) is 6.02. The molecule has 0 radical (unpaired) electrons. The van der Waals surface area contributed by atoms with Crippen LogP contribution in [0.1, 0.15) is 49.6 Å². The summed E-state index contributed by atoms with van der Waals surface area (Å²) >= 11 is 1.40. The molecule has 134 valence electrons. The van der Waals surface area contributed by atoms with Gasteiger partial charge in [-0.2, -0.15) is 4.37 Å². The Hall–Kier alpha value is -1.95. The van der Waals surface area contributed by atoms with Crippen LogP contribution in [0.25, 0.3) is 0 Å². The number of aromatic nitrogens is 2. The molecule has 0 bridgehead atoms. The average molecular weight is 359 g/mol. The van der Waals surface area contributed by atoms with E-state index in [1.165, 1.54) is 22.7 Å². The van der Waals surface area contributed by atoms with E-state index < -0.39 is 0 Å². The maximum Gasteiger partial charge on any atom is 0.242 e. The van der Waals surface area contributed by atoms with Crippen molar-refractivity contribution in [3.63, 3.8) is 0 Å². The topological polar surface area (TPSA) is 58.1 Å². The van der Waals surface area contributed by atoms with Gasteiger partial charge in [0, 0.05) is 31.0 Å². The minimum atomic E-state index is -0.1000. The Balaban J connectivity index is 1.64. The SMILES string of the molecule is CCCCNC(=O)C1CCCN1c1nc(Cc2ccc(C)cc2)ns1. The highest BCUT2D eigenvalue weighted by atomic mass is 32.1. The summed E-state index contributed by atoms with van der Waals surface area (Å²) in [6, 6.07) is 8.36. The summed E-state index contributed by atoms with van der Waals surface area (Å²) in [6.45, 7) is 5.85. The van der Waals surface area contributed by atoms with Crippen LogP contribution in [0, 0.1) is 6.92 Å². The molecule has 0 aliphatic carbocycles. The highest BCUT2D eigenvalue weighted by molar-refractivity contribution is 7.09. The van der Waals surface area contributed by atoms with Gasteiger partial charge in [-0.1, -0.05) is 43.2 Å². The van der Waals surface area contributed by atoms with Crippen molar-refractivity contribution in [2.45, 2.75) is 52.0 Å². The zero-order chi connectivity index (χ0) is 17.6. The third-order valence-electron chi connectivity index (χ3n) is 4.57. The number of amides is 1. The van der Waals surface area contributed by atoms with Gasteiger partial charge in [0.25, 0.3) is 0 Å². The highest BCUT2D eigenvalue weighted by Crippen LogP contribution is 2.27. The number of benzene rings is 1. The number of carbonyl (C=O) groups excluding carboxylic acids is 1. The first-order valence-electron chi connectivity index (χ1n) is 9.10. The molecule has 1 saturated heterocycles. The zero-order valence-corrected chi connectivity index (χ0v) is 15.8. The summed E-state index contributed by atoms with van der Waals surface area (Å²) in [6.07, 6.45) is 4.77. The van der Waals surface area contributed by atoms with Crippen molar-refractivity contribution in [1.29, 1.82) is 0 Å². The monoisotopic (exact) mass is 358 g/mol. The van der Waals surface area contributed by atoms with Gasteiger partial charge in [-0.25, -0.2) is 4.98 Å². The molecule has 1 aromatic carbocycles. The number of anilines is 1. The quantitative estimate of drug-likeness (QED) is 0.772. The lowest BCUT2D eigenvalue weighted by atomic mass is 10.1. The Morgan fingerprint density at radius 3 is 2.92 bits per heavy atom. The van der Waals surface area contributed by atoms with Crippen LogP contribution in [-0.2, 0) is 11.2 Å². The van der Waals surface area contributed by atoms with Crippen molar-refractivity contribution in [1.82, 2.24) is 14.7 Å². The van der Waals surface area contributed by atoms with Gasteiger partial charge in [0.05, 0.1) is 0 Å². The number of hydrogen-bond donors (Lipinski definition) is 1. The number of hydrogen-bond acceptors (Lipinski definition) is 5. The van der Waals surface area contributed by atoms with E-state index in [9.17, 15) is 4.79 Å². The molecular weight excluding hydrogens is 332 g/mol. The molecule has 1 unspecified atom stereocenters. The molecule has 5 nitrogen and oxygen atoms in total. The summed E-state index contributed by atoms with van der Waals surface area (Å²) in [5, 5.41) is 3.92. The zero-order valence-electron chi connectivity index (χ0n) is 15.0. The number of nitrogens with zero attached hydrogens (tertiary/aromatic N) is 3. The Labute approximate surface area is 153 Å². The van der Waals surface area contributed by atoms with Crippen LogP contribution in [0.3, 0.4) is 0 Å². The fourth-order valence-corrected chi connectivity index (χ4v) is 3.86. The van der Waals surface area contributed by atoms with E-state index in [4.69, 9.17) is 4.98 Å². The molecule has 25 heavy (non-hydrogen) atoms. The van der Waals surface area contributed by atoms with Crippen LogP contribution in [0.4, 0.5) is 5.13 Å². The lowest BCUT2D eigenvalue weighted by Gasteiger charge is -2.22.